The van der Waals surface area contributed by atoms with Crippen LogP contribution in [0.5, 0.6) is 5.75 Å². The van der Waals surface area contributed by atoms with Crippen LogP contribution >= 0.6 is 0 Å². The van der Waals surface area contributed by atoms with E-state index in [0.29, 0.717) is 12.3 Å². The third kappa shape index (κ3) is 4.90. The standard InChI is InChI=1S/C18H22N2O2/c1-2-14-8-10-16(11-9-14)22-13-18(21)20-12-17(19)15-6-4-3-5-7-15/h3-11,17H,2,12-13,19H2,1H3,(H,20,21). The molecule has 0 saturated carbocycles. The van der Waals surface area contributed by atoms with E-state index in [4.69, 9.17) is 10.5 Å². The summed E-state index contributed by atoms with van der Waals surface area (Å²) in [5, 5.41) is 2.78. The Bertz CT molecular complexity index is 582. The minimum absolute atomic E-state index is 0.00696. The number of carbonyl (C=O) groups is 1. The van der Waals surface area contributed by atoms with Gasteiger partial charge in [-0.2, -0.15) is 0 Å². The maximum Gasteiger partial charge on any atom is 0.258 e. The van der Waals surface area contributed by atoms with Crippen molar-refractivity contribution in [1.29, 1.82) is 0 Å². The molecule has 22 heavy (non-hydrogen) atoms. The van der Waals surface area contributed by atoms with Crippen LogP contribution in [0.15, 0.2) is 54.6 Å². The van der Waals surface area contributed by atoms with Gasteiger partial charge in [0.05, 0.1) is 0 Å². The average molecular weight is 298 g/mol. The van der Waals surface area contributed by atoms with Crippen molar-refractivity contribution in [3.63, 3.8) is 0 Å². The maximum absolute atomic E-state index is 11.8. The molecule has 0 heterocycles. The molecule has 0 fully saturated rings. The smallest absolute Gasteiger partial charge is 0.258 e. The number of nitrogens with one attached hydrogen (secondary N) is 1. The average Bonchev–Trinajstić information content (AvgIpc) is 2.59. The van der Waals surface area contributed by atoms with Crippen LogP contribution in [0.25, 0.3) is 0 Å². The number of rotatable bonds is 7. The largest absolute Gasteiger partial charge is 0.484 e. The first-order valence-electron chi connectivity index (χ1n) is 7.48. The first-order valence-corrected chi connectivity index (χ1v) is 7.48. The summed E-state index contributed by atoms with van der Waals surface area (Å²) >= 11 is 0. The van der Waals surface area contributed by atoms with Crippen LogP contribution in [0.4, 0.5) is 0 Å². The van der Waals surface area contributed by atoms with Gasteiger partial charge in [0.1, 0.15) is 5.75 Å². The fraction of sp³-hybridized carbons (Fsp3) is 0.278. The minimum Gasteiger partial charge on any atom is -0.484 e. The second-order valence-electron chi connectivity index (χ2n) is 5.11. The molecule has 0 aliphatic heterocycles. The second-order valence-corrected chi connectivity index (χ2v) is 5.11. The number of benzene rings is 2. The van der Waals surface area contributed by atoms with Gasteiger partial charge in [-0.25, -0.2) is 0 Å². The van der Waals surface area contributed by atoms with E-state index in [2.05, 4.69) is 12.2 Å². The summed E-state index contributed by atoms with van der Waals surface area (Å²) in [7, 11) is 0. The van der Waals surface area contributed by atoms with Crippen molar-refractivity contribution in [2.75, 3.05) is 13.2 Å². The van der Waals surface area contributed by atoms with Crippen molar-refractivity contribution in [1.82, 2.24) is 5.32 Å². The van der Waals surface area contributed by atoms with Gasteiger partial charge < -0.3 is 15.8 Å². The van der Waals surface area contributed by atoms with Gasteiger partial charge in [0.2, 0.25) is 0 Å². The first-order chi connectivity index (χ1) is 10.7. The lowest BCUT2D eigenvalue weighted by atomic mass is 10.1. The molecule has 1 atom stereocenters. The molecule has 2 aromatic rings. The maximum atomic E-state index is 11.8. The predicted octanol–water partition coefficient (Wildman–Crippen LogP) is 2.44. The van der Waals surface area contributed by atoms with E-state index in [-0.39, 0.29) is 18.6 Å². The van der Waals surface area contributed by atoms with Gasteiger partial charge in [-0.15, -0.1) is 0 Å². The SMILES string of the molecule is CCc1ccc(OCC(=O)NCC(N)c2ccccc2)cc1. The highest BCUT2D eigenvalue weighted by Crippen LogP contribution is 2.12. The highest BCUT2D eigenvalue weighted by molar-refractivity contribution is 5.77. The Hall–Kier alpha value is -2.33. The molecular weight excluding hydrogens is 276 g/mol. The number of aryl methyl sites for hydroxylation is 1. The summed E-state index contributed by atoms with van der Waals surface area (Å²) in [6.07, 6.45) is 0.984. The summed E-state index contributed by atoms with van der Waals surface area (Å²) < 4.78 is 5.45. The lowest BCUT2D eigenvalue weighted by Gasteiger charge is -2.13. The molecule has 0 saturated heterocycles. The minimum atomic E-state index is -0.214. The van der Waals surface area contributed by atoms with Crippen molar-refractivity contribution < 1.29 is 9.53 Å². The fourth-order valence-corrected chi connectivity index (χ4v) is 2.06. The van der Waals surface area contributed by atoms with E-state index < -0.39 is 0 Å². The zero-order chi connectivity index (χ0) is 15.8. The van der Waals surface area contributed by atoms with Crippen molar-refractivity contribution in [2.24, 2.45) is 5.73 Å². The highest BCUT2D eigenvalue weighted by Gasteiger charge is 2.08. The Morgan fingerprint density at radius 2 is 1.82 bits per heavy atom. The van der Waals surface area contributed by atoms with Crippen LogP contribution in [-0.2, 0) is 11.2 Å². The monoisotopic (exact) mass is 298 g/mol. The summed E-state index contributed by atoms with van der Waals surface area (Å²) in [4.78, 5) is 11.8. The number of carbonyl (C=O) groups excluding carboxylic acids is 1. The summed E-state index contributed by atoms with van der Waals surface area (Å²) in [5.74, 6) is 0.519. The first kappa shape index (κ1) is 16.0. The Balaban J connectivity index is 1.73. The molecule has 0 bridgehead atoms. The van der Waals surface area contributed by atoms with Gasteiger partial charge in [0.25, 0.3) is 5.91 Å². The van der Waals surface area contributed by atoms with Gasteiger partial charge in [0, 0.05) is 12.6 Å². The van der Waals surface area contributed by atoms with Gasteiger partial charge in [0.15, 0.2) is 6.61 Å². The molecular formula is C18H22N2O2. The number of amides is 1. The van der Waals surface area contributed by atoms with Crippen LogP contribution in [0.1, 0.15) is 24.1 Å². The number of nitrogens with two attached hydrogens (primary N) is 1. The molecule has 3 N–H and O–H groups in total. The van der Waals surface area contributed by atoms with Crippen molar-refractivity contribution in [3.8, 4) is 5.75 Å². The van der Waals surface area contributed by atoms with Crippen LogP contribution in [0.3, 0.4) is 0 Å². The third-order valence-electron chi connectivity index (χ3n) is 3.45. The predicted molar refractivity (Wildman–Crippen MR) is 87.7 cm³/mol. The van der Waals surface area contributed by atoms with E-state index in [1.54, 1.807) is 0 Å². The second kappa shape index (κ2) is 8.20. The topological polar surface area (TPSA) is 64.3 Å². The molecule has 0 radical (unpaired) electrons. The normalized spacial score (nSPS) is 11.7. The van der Waals surface area contributed by atoms with Crippen LogP contribution in [0, 0.1) is 0 Å². The lowest BCUT2D eigenvalue weighted by Crippen LogP contribution is -2.35. The quantitative estimate of drug-likeness (QED) is 0.825. The molecule has 1 unspecified atom stereocenters. The van der Waals surface area contributed by atoms with Crippen LogP contribution in [-0.4, -0.2) is 19.1 Å². The Morgan fingerprint density at radius 1 is 1.14 bits per heavy atom. The summed E-state index contributed by atoms with van der Waals surface area (Å²) in [6, 6.07) is 17.2. The van der Waals surface area contributed by atoms with E-state index in [9.17, 15) is 4.79 Å². The number of ether oxygens (including phenoxy) is 1. The fourth-order valence-electron chi connectivity index (χ4n) is 2.06. The van der Waals surface area contributed by atoms with E-state index in [1.807, 2.05) is 54.6 Å². The van der Waals surface area contributed by atoms with Crippen LogP contribution < -0.4 is 15.8 Å². The molecule has 0 aliphatic carbocycles. The molecule has 0 spiro atoms. The van der Waals surface area contributed by atoms with Gasteiger partial charge in [-0.1, -0.05) is 49.4 Å². The van der Waals surface area contributed by atoms with Crippen LogP contribution in [0.2, 0.25) is 0 Å². The summed E-state index contributed by atoms with van der Waals surface area (Å²) in [5.41, 5.74) is 8.27. The Kier molecular flexibility index (Phi) is 5.98. The van der Waals surface area contributed by atoms with Gasteiger partial charge in [-0.3, -0.25) is 4.79 Å². The Labute approximate surface area is 131 Å². The molecule has 4 nitrogen and oxygen atoms in total. The molecule has 0 aliphatic rings. The van der Waals surface area contributed by atoms with E-state index >= 15 is 0 Å². The van der Waals surface area contributed by atoms with E-state index in [0.717, 1.165) is 12.0 Å². The number of hydrogen-bond donors (Lipinski definition) is 2. The van der Waals surface area contributed by atoms with Crippen molar-refractivity contribution in [2.45, 2.75) is 19.4 Å². The highest BCUT2D eigenvalue weighted by atomic mass is 16.5. The van der Waals surface area contributed by atoms with Gasteiger partial charge in [-0.05, 0) is 29.7 Å². The molecule has 2 rings (SSSR count). The lowest BCUT2D eigenvalue weighted by molar-refractivity contribution is -0.123. The number of hydrogen-bond acceptors (Lipinski definition) is 3. The van der Waals surface area contributed by atoms with E-state index in [1.165, 1.54) is 5.56 Å². The molecule has 4 heteroatoms. The molecule has 0 aromatic heterocycles. The van der Waals surface area contributed by atoms with Gasteiger partial charge >= 0.3 is 0 Å². The zero-order valence-electron chi connectivity index (χ0n) is 12.8. The molecule has 1 amide bonds. The molecule has 2 aromatic carbocycles. The Morgan fingerprint density at radius 3 is 2.45 bits per heavy atom. The summed E-state index contributed by atoms with van der Waals surface area (Å²) in [6.45, 7) is 2.48. The molecule has 116 valence electrons. The van der Waals surface area contributed by atoms with Crippen molar-refractivity contribution in [3.05, 3.63) is 65.7 Å². The van der Waals surface area contributed by atoms with Crippen molar-refractivity contribution >= 4 is 5.91 Å². The zero-order valence-corrected chi connectivity index (χ0v) is 12.8. The third-order valence-corrected chi connectivity index (χ3v) is 3.45.